The minimum absolute atomic E-state index is 0.320. The molecule has 0 amide bonds. The molecule has 0 saturated carbocycles. The van der Waals surface area contributed by atoms with E-state index in [0.29, 0.717) is 12.1 Å². The Kier molecular flexibility index (Phi) is 2.31. The quantitative estimate of drug-likeness (QED) is 0.632. The van der Waals surface area contributed by atoms with Crippen molar-refractivity contribution >= 4 is 17.4 Å². The number of fused-ring (bicyclic) bond motifs is 1. The maximum Gasteiger partial charge on any atom is 0.352 e. The Morgan fingerprint density at radius 1 is 1.36 bits per heavy atom. The normalized spacial score (nSPS) is 14.2. The number of aliphatic imine (C=N–C) groups is 1. The van der Waals surface area contributed by atoms with Crippen LogP contribution in [0.2, 0.25) is 0 Å². The van der Waals surface area contributed by atoms with Gasteiger partial charge in [-0.15, -0.1) is 0 Å². The van der Waals surface area contributed by atoms with E-state index in [1.54, 1.807) is 0 Å². The summed E-state index contributed by atoms with van der Waals surface area (Å²) in [4.78, 5) is 15.5. The number of hydrogen-bond acceptors (Lipinski definition) is 3. The van der Waals surface area contributed by atoms with Gasteiger partial charge < -0.3 is 4.74 Å². The van der Waals surface area contributed by atoms with Crippen molar-refractivity contribution in [1.29, 1.82) is 0 Å². The number of carbonyl (C=O) groups excluding carboxylic acids is 1. The van der Waals surface area contributed by atoms with E-state index in [1.807, 2.05) is 24.3 Å². The number of carbonyl (C=O) groups is 1. The Balaban J connectivity index is 2.36. The standard InChI is InChI=1S/C11H11NO2/c1-14-11(13)10-7-6-8-4-2-3-5-9(8)12-10/h2-5H,6-7H2,1H3. The molecule has 0 aliphatic carbocycles. The Bertz CT molecular complexity index is 396. The molecule has 1 aliphatic heterocycles. The Hall–Kier alpha value is -1.64. The van der Waals surface area contributed by atoms with E-state index in [1.165, 1.54) is 12.7 Å². The van der Waals surface area contributed by atoms with Crippen molar-refractivity contribution in [3.05, 3.63) is 29.8 Å². The third-order valence-corrected chi connectivity index (χ3v) is 2.30. The molecular formula is C11H11NO2. The number of rotatable bonds is 1. The SMILES string of the molecule is COC(=O)C1=Nc2ccccc2CC1. The average molecular weight is 189 g/mol. The van der Waals surface area contributed by atoms with Crippen LogP contribution in [-0.4, -0.2) is 18.8 Å². The molecule has 1 aliphatic rings. The van der Waals surface area contributed by atoms with Gasteiger partial charge in [-0.1, -0.05) is 18.2 Å². The molecule has 0 N–H and O–H groups in total. The molecule has 2 rings (SSSR count). The van der Waals surface area contributed by atoms with E-state index in [9.17, 15) is 4.79 Å². The van der Waals surface area contributed by atoms with Crippen LogP contribution in [0, 0.1) is 0 Å². The van der Waals surface area contributed by atoms with Gasteiger partial charge in [-0.25, -0.2) is 9.79 Å². The zero-order valence-electron chi connectivity index (χ0n) is 7.99. The second-order valence-corrected chi connectivity index (χ2v) is 3.18. The first-order valence-corrected chi connectivity index (χ1v) is 4.55. The minimum Gasteiger partial charge on any atom is -0.465 e. The Morgan fingerprint density at radius 2 is 2.14 bits per heavy atom. The highest BCUT2D eigenvalue weighted by Crippen LogP contribution is 2.25. The molecule has 14 heavy (non-hydrogen) atoms. The largest absolute Gasteiger partial charge is 0.465 e. The predicted octanol–water partition coefficient (Wildman–Crippen LogP) is 1.88. The third kappa shape index (κ3) is 1.53. The molecule has 0 bridgehead atoms. The van der Waals surface area contributed by atoms with Crippen molar-refractivity contribution in [3.63, 3.8) is 0 Å². The highest BCUT2D eigenvalue weighted by molar-refractivity contribution is 6.37. The second-order valence-electron chi connectivity index (χ2n) is 3.18. The highest BCUT2D eigenvalue weighted by Gasteiger charge is 2.17. The van der Waals surface area contributed by atoms with Gasteiger partial charge in [-0.3, -0.25) is 0 Å². The summed E-state index contributed by atoms with van der Waals surface area (Å²) in [5.41, 5.74) is 2.60. The maximum absolute atomic E-state index is 11.2. The molecule has 0 saturated heterocycles. The van der Waals surface area contributed by atoms with Crippen molar-refractivity contribution in [2.75, 3.05) is 7.11 Å². The lowest BCUT2D eigenvalue weighted by molar-refractivity contribution is -0.132. The summed E-state index contributed by atoms with van der Waals surface area (Å²) in [6.45, 7) is 0. The fourth-order valence-electron chi connectivity index (χ4n) is 1.55. The van der Waals surface area contributed by atoms with E-state index < -0.39 is 0 Å². The van der Waals surface area contributed by atoms with Crippen molar-refractivity contribution in [1.82, 2.24) is 0 Å². The lowest BCUT2D eigenvalue weighted by Gasteiger charge is -2.13. The molecule has 1 aromatic rings. The number of esters is 1. The molecule has 0 spiro atoms. The van der Waals surface area contributed by atoms with Gasteiger partial charge in [0.15, 0.2) is 0 Å². The smallest absolute Gasteiger partial charge is 0.352 e. The molecule has 72 valence electrons. The number of hydrogen-bond donors (Lipinski definition) is 0. The first-order valence-electron chi connectivity index (χ1n) is 4.55. The molecule has 0 aromatic heterocycles. The van der Waals surface area contributed by atoms with Crippen molar-refractivity contribution in [3.8, 4) is 0 Å². The summed E-state index contributed by atoms with van der Waals surface area (Å²) in [5.74, 6) is -0.320. The van der Waals surface area contributed by atoms with Gasteiger partial charge in [0.1, 0.15) is 5.71 Å². The number of benzene rings is 1. The van der Waals surface area contributed by atoms with Gasteiger partial charge >= 0.3 is 5.97 Å². The lowest BCUT2D eigenvalue weighted by Crippen LogP contribution is -2.18. The van der Waals surface area contributed by atoms with Gasteiger partial charge in [0.25, 0.3) is 0 Å². The topological polar surface area (TPSA) is 38.7 Å². The lowest BCUT2D eigenvalue weighted by atomic mass is 10.0. The summed E-state index contributed by atoms with van der Waals surface area (Å²) in [6.07, 6.45) is 1.54. The van der Waals surface area contributed by atoms with Crippen LogP contribution in [0.25, 0.3) is 0 Å². The van der Waals surface area contributed by atoms with Gasteiger partial charge in [-0.05, 0) is 18.1 Å². The summed E-state index contributed by atoms with van der Waals surface area (Å²) in [5, 5.41) is 0. The zero-order valence-corrected chi connectivity index (χ0v) is 7.99. The van der Waals surface area contributed by atoms with Crippen LogP contribution in [0.4, 0.5) is 5.69 Å². The van der Waals surface area contributed by atoms with E-state index in [0.717, 1.165) is 12.1 Å². The summed E-state index contributed by atoms with van der Waals surface area (Å²) < 4.78 is 4.63. The maximum atomic E-state index is 11.2. The molecule has 3 heteroatoms. The van der Waals surface area contributed by atoms with Crippen molar-refractivity contribution in [2.24, 2.45) is 4.99 Å². The molecule has 1 aromatic carbocycles. The highest BCUT2D eigenvalue weighted by atomic mass is 16.5. The van der Waals surface area contributed by atoms with Crippen LogP contribution in [0.1, 0.15) is 12.0 Å². The van der Waals surface area contributed by atoms with Crippen LogP contribution in [0.5, 0.6) is 0 Å². The minimum atomic E-state index is -0.320. The summed E-state index contributed by atoms with van der Waals surface area (Å²) in [7, 11) is 1.38. The fourth-order valence-corrected chi connectivity index (χ4v) is 1.55. The average Bonchev–Trinajstić information content (AvgIpc) is 2.27. The molecule has 0 atom stereocenters. The predicted molar refractivity (Wildman–Crippen MR) is 53.9 cm³/mol. The molecule has 1 heterocycles. The van der Waals surface area contributed by atoms with E-state index >= 15 is 0 Å². The van der Waals surface area contributed by atoms with Gasteiger partial charge in [0, 0.05) is 6.42 Å². The molecule has 3 nitrogen and oxygen atoms in total. The summed E-state index contributed by atoms with van der Waals surface area (Å²) >= 11 is 0. The number of para-hydroxylation sites is 1. The van der Waals surface area contributed by atoms with Crippen LogP contribution in [0.3, 0.4) is 0 Å². The fraction of sp³-hybridized carbons (Fsp3) is 0.273. The van der Waals surface area contributed by atoms with Crippen LogP contribution < -0.4 is 0 Å². The third-order valence-electron chi connectivity index (χ3n) is 2.30. The van der Waals surface area contributed by atoms with E-state index in [4.69, 9.17) is 0 Å². The Morgan fingerprint density at radius 3 is 2.93 bits per heavy atom. The van der Waals surface area contributed by atoms with Gasteiger partial charge in [-0.2, -0.15) is 0 Å². The molecule has 0 unspecified atom stereocenters. The molecular weight excluding hydrogens is 178 g/mol. The number of methoxy groups -OCH3 is 1. The van der Waals surface area contributed by atoms with Gasteiger partial charge in [0.2, 0.25) is 0 Å². The molecule has 0 radical (unpaired) electrons. The summed E-state index contributed by atoms with van der Waals surface area (Å²) in [6, 6.07) is 7.85. The molecule has 0 fully saturated rings. The first-order chi connectivity index (χ1) is 6.81. The van der Waals surface area contributed by atoms with Crippen LogP contribution in [0.15, 0.2) is 29.3 Å². The second kappa shape index (κ2) is 3.62. The number of aryl methyl sites for hydroxylation is 1. The van der Waals surface area contributed by atoms with Crippen LogP contribution >= 0.6 is 0 Å². The van der Waals surface area contributed by atoms with E-state index in [2.05, 4.69) is 9.73 Å². The number of ether oxygens (including phenoxy) is 1. The van der Waals surface area contributed by atoms with Crippen molar-refractivity contribution < 1.29 is 9.53 Å². The first kappa shape index (κ1) is 8.94. The Labute approximate surface area is 82.4 Å². The zero-order chi connectivity index (χ0) is 9.97. The number of nitrogens with zero attached hydrogens (tertiary/aromatic N) is 1. The van der Waals surface area contributed by atoms with Gasteiger partial charge in [0.05, 0.1) is 12.8 Å². The van der Waals surface area contributed by atoms with Crippen molar-refractivity contribution in [2.45, 2.75) is 12.8 Å². The van der Waals surface area contributed by atoms with E-state index in [-0.39, 0.29) is 5.97 Å². The monoisotopic (exact) mass is 189 g/mol. The van der Waals surface area contributed by atoms with Crippen LogP contribution in [-0.2, 0) is 16.0 Å².